The van der Waals surface area contributed by atoms with Crippen LogP contribution in [0.3, 0.4) is 0 Å². The van der Waals surface area contributed by atoms with Gasteiger partial charge in [0.05, 0.1) is 20.3 Å². The van der Waals surface area contributed by atoms with Gasteiger partial charge in [0, 0.05) is 12.1 Å². The SMILES string of the molecule is COc1ccc(C(=O)N[C@H](C(=O)NC[C@@H](c2cccc(OC)c2)N2CCCC2)C(C)C)cc1. The smallest absolute Gasteiger partial charge is 0.251 e. The molecular formula is C26H35N3O4. The van der Waals surface area contributed by atoms with Gasteiger partial charge in [-0.25, -0.2) is 0 Å². The summed E-state index contributed by atoms with van der Waals surface area (Å²) < 4.78 is 10.5. The van der Waals surface area contributed by atoms with Gasteiger partial charge in [0.15, 0.2) is 0 Å². The van der Waals surface area contributed by atoms with E-state index in [1.165, 1.54) is 0 Å². The van der Waals surface area contributed by atoms with E-state index in [0.717, 1.165) is 37.2 Å². The highest BCUT2D eigenvalue weighted by molar-refractivity contribution is 5.97. The van der Waals surface area contributed by atoms with Crippen molar-refractivity contribution in [3.63, 3.8) is 0 Å². The maximum absolute atomic E-state index is 13.1. The molecule has 2 amide bonds. The molecule has 1 fully saturated rings. The van der Waals surface area contributed by atoms with E-state index in [1.807, 2.05) is 32.0 Å². The van der Waals surface area contributed by atoms with E-state index in [0.29, 0.717) is 17.9 Å². The largest absolute Gasteiger partial charge is 0.497 e. The zero-order valence-electron chi connectivity index (χ0n) is 20.0. The van der Waals surface area contributed by atoms with Gasteiger partial charge in [0.1, 0.15) is 17.5 Å². The van der Waals surface area contributed by atoms with Crippen molar-refractivity contribution in [1.82, 2.24) is 15.5 Å². The summed E-state index contributed by atoms with van der Waals surface area (Å²) in [7, 11) is 3.24. The summed E-state index contributed by atoms with van der Waals surface area (Å²) in [5.41, 5.74) is 1.60. The van der Waals surface area contributed by atoms with Crippen molar-refractivity contribution in [2.45, 2.75) is 38.8 Å². The molecule has 0 saturated carbocycles. The van der Waals surface area contributed by atoms with E-state index in [-0.39, 0.29) is 23.8 Å². The summed E-state index contributed by atoms with van der Waals surface area (Å²) in [5, 5.41) is 5.99. The molecule has 2 atom stereocenters. The molecule has 1 aliphatic rings. The molecular weight excluding hydrogens is 418 g/mol. The van der Waals surface area contributed by atoms with Crippen LogP contribution in [0.2, 0.25) is 0 Å². The van der Waals surface area contributed by atoms with E-state index in [2.05, 4.69) is 21.6 Å². The second-order valence-corrected chi connectivity index (χ2v) is 8.70. The van der Waals surface area contributed by atoms with Gasteiger partial charge >= 0.3 is 0 Å². The van der Waals surface area contributed by atoms with E-state index < -0.39 is 6.04 Å². The number of hydrogen-bond acceptors (Lipinski definition) is 5. The molecule has 178 valence electrons. The van der Waals surface area contributed by atoms with Gasteiger partial charge in [0.25, 0.3) is 5.91 Å². The summed E-state index contributed by atoms with van der Waals surface area (Å²) in [6, 6.07) is 14.3. The van der Waals surface area contributed by atoms with E-state index in [1.54, 1.807) is 38.5 Å². The predicted molar refractivity (Wildman–Crippen MR) is 129 cm³/mol. The first-order chi connectivity index (χ1) is 15.9. The summed E-state index contributed by atoms with van der Waals surface area (Å²) in [5.74, 6) is 0.952. The summed E-state index contributed by atoms with van der Waals surface area (Å²) in [6.07, 6.45) is 2.31. The van der Waals surface area contributed by atoms with Crippen LogP contribution in [-0.2, 0) is 4.79 Å². The molecule has 33 heavy (non-hydrogen) atoms. The third kappa shape index (κ3) is 6.48. The quantitative estimate of drug-likeness (QED) is 0.576. The summed E-state index contributed by atoms with van der Waals surface area (Å²) in [4.78, 5) is 28.3. The fourth-order valence-electron chi connectivity index (χ4n) is 4.17. The minimum atomic E-state index is -0.635. The molecule has 3 rings (SSSR count). The van der Waals surface area contributed by atoms with E-state index >= 15 is 0 Å². The Kier molecular flexibility index (Phi) is 8.72. The Bertz CT molecular complexity index is 923. The zero-order valence-corrected chi connectivity index (χ0v) is 20.0. The van der Waals surface area contributed by atoms with Crippen LogP contribution in [0.15, 0.2) is 48.5 Å². The van der Waals surface area contributed by atoms with Crippen LogP contribution in [0, 0.1) is 5.92 Å². The number of likely N-dealkylation sites (tertiary alicyclic amines) is 1. The Labute approximate surface area is 196 Å². The lowest BCUT2D eigenvalue weighted by Crippen LogP contribution is -2.51. The summed E-state index contributed by atoms with van der Waals surface area (Å²) in [6.45, 7) is 6.32. The third-order valence-corrected chi connectivity index (χ3v) is 6.12. The number of amides is 2. The number of methoxy groups -OCH3 is 2. The highest BCUT2D eigenvalue weighted by atomic mass is 16.5. The lowest BCUT2D eigenvalue weighted by molar-refractivity contribution is -0.124. The maximum atomic E-state index is 13.1. The Balaban J connectivity index is 1.68. The maximum Gasteiger partial charge on any atom is 0.251 e. The first kappa shape index (κ1) is 24.6. The Morgan fingerprint density at radius 1 is 0.970 bits per heavy atom. The molecule has 0 aromatic heterocycles. The van der Waals surface area contributed by atoms with Gasteiger partial charge < -0.3 is 20.1 Å². The van der Waals surface area contributed by atoms with Crippen LogP contribution < -0.4 is 20.1 Å². The topological polar surface area (TPSA) is 79.9 Å². The number of ether oxygens (including phenoxy) is 2. The zero-order chi connectivity index (χ0) is 23.8. The van der Waals surface area contributed by atoms with Gasteiger partial charge in [0.2, 0.25) is 5.91 Å². The van der Waals surface area contributed by atoms with Crippen molar-refractivity contribution in [2.24, 2.45) is 5.92 Å². The fraction of sp³-hybridized carbons (Fsp3) is 0.462. The van der Waals surface area contributed by atoms with Gasteiger partial charge in [-0.3, -0.25) is 14.5 Å². The number of hydrogen-bond donors (Lipinski definition) is 2. The normalized spacial score (nSPS) is 15.7. The molecule has 0 bridgehead atoms. The lowest BCUT2D eigenvalue weighted by Gasteiger charge is -2.30. The second-order valence-electron chi connectivity index (χ2n) is 8.70. The molecule has 0 unspecified atom stereocenters. The molecule has 2 N–H and O–H groups in total. The molecule has 2 aromatic rings. The highest BCUT2D eigenvalue weighted by Crippen LogP contribution is 2.27. The van der Waals surface area contributed by atoms with Gasteiger partial charge in [-0.05, 0) is 73.8 Å². The van der Waals surface area contributed by atoms with Crippen LogP contribution in [-0.4, -0.2) is 56.6 Å². The second kappa shape index (κ2) is 11.7. The average molecular weight is 454 g/mol. The Hall–Kier alpha value is -3.06. The minimum Gasteiger partial charge on any atom is -0.497 e. The van der Waals surface area contributed by atoms with Gasteiger partial charge in [-0.15, -0.1) is 0 Å². The number of rotatable bonds is 10. The van der Waals surface area contributed by atoms with Gasteiger partial charge in [-0.2, -0.15) is 0 Å². The van der Waals surface area contributed by atoms with Crippen LogP contribution in [0.5, 0.6) is 11.5 Å². The molecule has 1 aliphatic heterocycles. The van der Waals surface area contributed by atoms with Crippen LogP contribution in [0.25, 0.3) is 0 Å². The molecule has 0 aliphatic carbocycles. The number of carbonyl (C=O) groups is 2. The number of nitrogens with one attached hydrogen (secondary N) is 2. The highest BCUT2D eigenvalue weighted by Gasteiger charge is 2.28. The molecule has 0 radical (unpaired) electrons. The third-order valence-electron chi connectivity index (χ3n) is 6.12. The minimum absolute atomic E-state index is 0.0525. The number of nitrogens with zero attached hydrogens (tertiary/aromatic N) is 1. The van der Waals surface area contributed by atoms with Crippen LogP contribution in [0.1, 0.15) is 48.7 Å². The average Bonchev–Trinajstić information content (AvgIpc) is 3.37. The predicted octanol–water partition coefficient (Wildman–Crippen LogP) is 3.41. The van der Waals surface area contributed by atoms with Crippen molar-refractivity contribution in [1.29, 1.82) is 0 Å². The number of benzene rings is 2. The molecule has 7 nitrogen and oxygen atoms in total. The Morgan fingerprint density at radius 3 is 2.24 bits per heavy atom. The molecule has 7 heteroatoms. The van der Waals surface area contributed by atoms with E-state index in [9.17, 15) is 9.59 Å². The van der Waals surface area contributed by atoms with Crippen molar-refractivity contribution in [3.8, 4) is 11.5 Å². The Morgan fingerprint density at radius 2 is 1.64 bits per heavy atom. The van der Waals surface area contributed by atoms with E-state index in [4.69, 9.17) is 9.47 Å². The monoisotopic (exact) mass is 453 g/mol. The van der Waals surface area contributed by atoms with Gasteiger partial charge in [-0.1, -0.05) is 26.0 Å². The van der Waals surface area contributed by atoms with Crippen molar-refractivity contribution >= 4 is 11.8 Å². The fourth-order valence-corrected chi connectivity index (χ4v) is 4.17. The molecule has 0 spiro atoms. The number of carbonyl (C=O) groups excluding carboxylic acids is 2. The molecule has 2 aromatic carbocycles. The van der Waals surface area contributed by atoms with Crippen molar-refractivity contribution in [3.05, 3.63) is 59.7 Å². The standard InChI is InChI=1S/C26H35N3O4/c1-18(2)24(28-25(30)19-10-12-21(32-3)13-11-19)26(31)27-17-23(29-14-5-6-15-29)20-8-7-9-22(16-20)33-4/h7-13,16,18,23-24H,5-6,14-15,17H2,1-4H3,(H,27,31)(H,28,30)/t23-,24-/m0/s1. The first-order valence-corrected chi connectivity index (χ1v) is 11.5. The molecule has 1 heterocycles. The van der Waals surface area contributed by atoms with Crippen molar-refractivity contribution in [2.75, 3.05) is 33.9 Å². The lowest BCUT2D eigenvalue weighted by atomic mass is 10.0. The molecule has 1 saturated heterocycles. The first-order valence-electron chi connectivity index (χ1n) is 11.5. The van der Waals surface area contributed by atoms with Crippen LogP contribution >= 0.6 is 0 Å². The van der Waals surface area contributed by atoms with Crippen LogP contribution in [0.4, 0.5) is 0 Å². The summed E-state index contributed by atoms with van der Waals surface area (Å²) >= 11 is 0. The van der Waals surface area contributed by atoms with Crippen molar-refractivity contribution < 1.29 is 19.1 Å².